The molecule has 2 aromatic carbocycles. The lowest BCUT2D eigenvalue weighted by atomic mass is 9.94. The van der Waals surface area contributed by atoms with Crippen molar-refractivity contribution in [2.75, 3.05) is 13.1 Å². The molecule has 0 aromatic heterocycles. The lowest BCUT2D eigenvalue weighted by molar-refractivity contribution is -0.135. The lowest BCUT2D eigenvalue weighted by Crippen LogP contribution is -2.56. The zero-order valence-electron chi connectivity index (χ0n) is 14.0. The molecule has 2 aromatic rings. The topological polar surface area (TPSA) is 72.3 Å². The predicted octanol–water partition coefficient (Wildman–Crippen LogP) is 1.58. The van der Waals surface area contributed by atoms with Crippen molar-refractivity contribution >= 4 is 5.91 Å². The van der Waals surface area contributed by atoms with Crippen molar-refractivity contribution in [1.82, 2.24) is 4.90 Å². The number of hydrogen-bond acceptors (Lipinski definition) is 3. The Morgan fingerprint density at radius 2 is 1.64 bits per heavy atom. The summed E-state index contributed by atoms with van der Waals surface area (Å²) in [5.41, 5.74) is 14.6. The van der Waals surface area contributed by atoms with E-state index in [9.17, 15) is 9.18 Å². The SMILES string of the molecule is N[C@@H]1CN(C(=O)C2(N)Cc3ccccc3C2)C[C@H]1c1ccccc1F. The van der Waals surface area contributed by atoms with E-state index in [-0.39, 0.29) is 23.7 Å². The molecule has 5 heteroatoms. The molecule has 25 heavy (non-hydrogen) atoms. The molecule has 1 aliphatic carbocycles. The van der Waals surface area contributed by atoms with Crippen LogP contribution in [0.5, 0.6) is 0 Å². The fourth-order valence-corrected chi connectivity index (χ4v) is 4.21. The monoisotopic (exact) mass is 339 g/mol. The van der Waals surface area contributed by atoms with Gasteiger partial charge in [-0.05, 0) is 35.6 Å². The number of carbonyl (C=O) groups is 1. The van der Waals surface area contributed by atoms with Gasteiger partial charge in [0.2, 0.25) is 5.91 Å². The molecule has 1 aliphatic heterocycles. The smallest absolute Gasteiger partial charge is 0.243 e. The van der Waals surface area contributed by atoms with Gasteiger partial charge in [0.15, 0.2) is 0 Å². The van der Waals surface area contributed by atoms with Crippen LogP contribution >= 0.6 is 0 Å². The summed E-state index contributed by atoms with van der Waals surface area (Å²) in [6.45, 7) is 0.823. The largest absolute Gasteiger partial charge is 0.339 e. The molecule has 0 spiro atoms. The number of hydrogen-bond donors (Lipinski definition) is 2. The Kier molecular flexibility index (Phi) is 3.85. The van der Waals surface area contributed by atoms with Crippen LogP contribution in [0.1, 0.15) is 22.6 Å². The number of nitrogens with zero attached hydrogens (tertiary/aromatic N) is 1. The molecule has 1 amide bonds. The van der Waals surface area contributed by atoms with Gasteiger partial charge < -0.3 is 16.4 Å². The second kappa shape index (κ2) is 5.93. The van der Waals surface area contributed by atoms with Gasteiger partial charge in [-0.2, -0.15) is 0 Å². The van der Waals surface area contributed by atoms with E-state index in [2.05, 4.69) is 0 Å². The summed E-state index contributed by atoms with van der Waals surface area (Å²) in [6, 6.07) is 14.3. The van der Waals surface area contributed by atoms with E-state index in [0.29, 0.717) is 31.5 Å². The lowest BCUT2D eigenvalue weighted by Gasteiger charge is -2.28. The Labute approximate surface area is 146 Å². The van der Waals surface area contributed by atoms with E-state index in [1.807, 2.05) is 24.3 Å². The molecular formula is C20H22FN3O. The molecule has 4 N–H and O–H groups in total. The number of nitrogens with two attached hydrogens (primary N) is 2. The number of rotatable bonds is 2. The summed E-state index contributed by atoms with van der Waals surface area (Å²) < 4.78 is 14.1. The Bertz CT molecular complexity index is 797. The minimum atomic E-state index is -0.923. The molecule has 2 aliphatic rings. The van der Waals surface area contributed by atoms with Crippen LogP contribution in [0.2, 0.25) is 0 Å². The highest BCUT2D eigenvalue weighted by atomic mass is 19.1. The normalized spacial score (nSPS) is 24.4. The average Bonchev–Trinajstić information content (AvgIpc) is 3.15. The van der Waals surface area contributed by atoms with Crippen molar-refractivity contribution in [1.29, 1.82) is 0 Å². The Balaban J connectivity index is 1.54. The second-order valence-electron chi connectivity index (χ2n) is 7.28. The minimum absolute atomic E-state index is 0.0852. The molecule has 4 nitrogen and oxygen atoms in total. The molecule has 0 unspecified atom stereocenters. The maximum atomic E-state index is 14.1. The van der Waals surface area contributed by atoms with Crippen LogP contribution in [0.15, 0.2) is 48.5 Å². The third kappa shape index (κ3) is 2.73. The van der Waals surface area contributed by atoms with Crippen LogP contribution < -0.4 is 11.5 Å². The van der Waals surface area contributed by atoms with Gasteiger partial charge in [0, 0.05) is 25.0 Å². The highest BCUT2D eigenvalue weighted by molar-refractivity contribution is 5.88. The molecule has 0 saturated carbocycles. The quantitative estimate of drug-likeness (QED) is 0.872. The van der Waals surface area contributed by atoms with Gasteiger partial charge in [-0.25, -0.2) is 4.39 Å². The van der Waals surface area contributed by atoms with Crippen molar-refractivity contribution in [2.24, 2.45) is 11.5 Å². The molecule has 1 heterocycles. The summed E-state index contributed by atoms with van der Waals surface area (Å²) in [7, 11) is 0. The first-order chi connectivity index (χ1) is 12.0. The molecule has 4 rings (SSSR count). The summed E-state index contributed by atoms with van der Waals surface area (Å²) in [5, 5.41) is 0. The van der Waals surface area contributed by atoms with Crippen molar-refractivity contribution in [3.05, 3.63) is 71.0 Å². The van der Waals surface area contributed by atoms with Crippen molar-refractivity contribution in [3.63, 3.8) is 0 Å². The summed E-state index contributed by atoms with van der Waals surface area (Å²) >= 11 is 0. The Morgan fingerprint density at radius 3 is 2.28 bits per heavy atom. The van der Waals surface area contributed by atoms with Crippen LogP contribution in [-0.4, -0.2) is 35.5 Å². The molecule has 1 fully saturated rings. The van der Waals surface area contributed by atoms with E-state index in [1.54, 1.807) is 23.1 Å². The van der Waals surface area contributed by atoms with Crippen LogP contribution in [0.25, 0.3) is 0 Å². The minimum Gasteiger partial charge on any atom is -0.339 e. The maximum absolute atomic E-state index is 14.1. The van der Waals surface area contributed by atoms with E-state index in [1.165, 1.54) is 6.07 Å². The Hall–Kier alpha value is -2.24. The van der Waals surface area contributed by atoms with E-state index < -0.39 is 5.54 Å². The van der Waals surface area contributed by atoms with Crippen molar-refractivity contribution in [3.8, 4) is 0 Å². The maximum Gasteiger partial charge on any atom is 0.243 e. The fourth-order valence-electron chi connectivity index (χ4n) is 4.21. The van der Waals surface area contributed by atoms with Crippen LogP contribution in [-0.2, 0) is 17.6 Å². The van der Waals surface area contributed by atoms with Gasteiger partial charge in [-0.3, -0.25) is 4.79 Å². The molecule has 130 valence electrons. The van der Waals surface area contributed by atoms with Crippen molar-refractivity contribution in [2.45, 2.75) is 30.3 Å². The first-order valence-corrected chi connectivity index (χ1v) is 8.63. The predicted molar refractivity (Wildman–Crippen MR) is 94.5 cm³/mol. The van der Waals surface area contributed by atoms with Gasteiger partial charge in [-0.15, -0.1) is 0 Å². The van der Waals surface area contributed by atoms with E-state index in [0.717, 1.165) is 11.1 Å². The standard InChI is InChI=1S/C20H22FN3O/c21-17-8-4-3-7-15(17)16-11-24(12-18(16)22)19(25)20(23)9-13-5-1-2-6-14(13)10-20/h1-8,16,18H,9-12,22-23H2/t16-,18+/m0/s1. The first-order valence-electron chi connectivity index (χ1n) is 8.63. The van der Waals surface area contributed by atoms with Crippen molar-refractivity contribution < 1.29 is 9.18 Å². The number of halogens is 1. The van der Waals surface area contributed by atoms with Crippen LogP contribution in [0.3, 0.4) is 0 Å². The number of fused-ring (bicyclic) bond motifs is 1. The molecular weight excluding hydrogens is 317 g/mol. The summed E-state index contributed by atoms with van der Waals surface area (Å²) in [6.07, 6.45) is 1.08. The zero-order valence-corrected chi connectivity index (χ0v) is 14.0. The Morgan fingerprint density at radius 1 is 1.04 bits per heavy atom. The first kappa shape index (κ1) is 16.2. The number of benzene rings is 2. The number of amides is 1. The highest BCUT2D eigenvalue weighted by Gasteiger charge is 2.46. The number of likely N-dealkylation sites (tertiary alicyclic amines) is 1. The molecule has 2 atom stereocenters. The van der Waals surface area contributed by atoms with Gasteiger partial charge in [0.1, 0.15) is 11.4 Å². The van der Waals surface area contributed by atoms with Gasteiger partial charge in [-0.1, -0.05) is 42.5 Å². The highest BCUT2D eigenvalue weighted by Crippen LogP contribution is 2.33. The zero-order chi connectivity index (χ0) is 17.6. The average molecular weight is 339 g/mol. The molecule has 1 saturated heterocycles. The van der Waals surface area contributed by atoms with E-state index in [4.69, 9.17) is 11.5 Å². The summed E-state index contributed by atoms with van der Waals surface area (Å²) in [4.78, 5) is 14.8. The number of carbonyl (C=O) groups excluding carboxylic acids is 1. The van der Waals surface area contributed by atoms with Gasteiger partial charge in [0.05, 0.1) is 0 Å². The summed E-state index contributed by atoms with van der Waals surface area (Å²) in [5.74, 6) is -0.552. The fraction of sp³-hybridized carbons (Fsp3) is 0.350. The molecule has 0 bridgehead atoms. The van der Waals surface area contributed by atoms with E-state index >= 15 is 0 Å². The van der Waals surface area contributed by atoms with Gasteiger partial charge >= 0.3 is 0 Å². The second-order valence-corrected chi connectivity index (χ2v) is 7.28. The third-order valence-electron chi connectivity index (χ3n) is 5.51. The van der Waals surface area contributed by atoms with Crippen LogP contribution in [0.4, 0.5) is 4.39 Å². The van der Waals surface area contributed by atoms with Crippen LogP contribution in [0, 0.1) is 5.82 Å². The molecule has 0 radical (unpaired) electrons. The van der Waals surface area contributed by atoms with Gasteiger partial charge in [0.25, 0.3) is 0 Å². The third-order valence-corrected chi connectivity index (χ3v) is 5.51.